The summed E-state index contributed by atoms with van der Waals surface area (Å²) >= 11 is 0. The van der Waals surface area contributed by atoms with E-state index in [-0.39, 0.29) is 39.8 Å². The normalized spacial score (nSPS) is 11.4. The van der Waals surface area contributed by atoms with Crippen LogP contribution in [0.3, 0.4) is 0 Å². The number of rotatable bonds is 4. The van der Waals surface area contributed by atoms with Gasteiger partial charge in [0.15, 0.2) is 0 Å². The van der Waals surface area contributed by atoms with Gasteiger partial charge in [-0.05, 0) is 6.58 Å². The fraction of sp³-hybridized carbons (Fsp3) is 0.600. The standard InChI is InChI=1S/C5H10O4.Po.2H/c1-4(7)9-3-5(8)2-6;;;/h5-8H,1-3H2;;;. The average Bonchev–Trinajstić information content (AvgIpc) is 1.83. The molecule has 0 aliphatic rings. The molecule has 0 saturated heterocycles. The Kier molecular flexibility index (Phi) is 9.30. The van der Waals surface area contributed by atoms with Crippen LogP contribution < -0.4 is 0 Å². The van der Waals surface area contributed by atoms with E-state index in [4.69, 9.17) is 15.3 Å². The van der Waals surface area contributed by atoms with Crippen LogP contribution in [0, 0.1) is 0 Å². The van der Waals surface area contributed by atoms with Crippen molar-refractivity contribution in [2.45, 2.75) is 6.10 Å². The van der Waals surface area contributed by atoms with Gasteiger partial charge >= 0.3 is 26.6 Å². The van der Waals surface area contributed by atoms with Gasteiger partial charge in [-0.15, -0.1) is 0 Å². The second-order valence-corrected chi connectivity index (χ2v) is 1.54. The molecule has 0 heterocycles. The molecule has 0 aromatic carbocycles. The number of ether oxygens (including phenoxy) is 1. The number of aliphatic hydroxyl groups excluding tert-OH is 3. The summed E-state index contributed by atoms with van der Waals surface area (Å²) in [6.07, 6.45) is -0.950. The van der Waals surface area contributed by atoms with Crippen molar-refractivity contribution < 1.29 is 20.1 Å². The first-order chi connectivity index (χ1) is 4.16. The fourth-order valence-electron chi connectivity index (χ4n) is 0.245. The van der Waals surface area contributed by atoms with Crippen molar-refractivity contribution in [2.24, 2.45) is 0 Å². The number of hydrogen-bond acceptors (Lipinski definition) is 4. The third-order valence-corrected chi connectivity index (χ3v) is 0.653. The van der Waals surface area contributed by atoms with Gasteiger partial charge in [-0.3, -0.25) is 0 Å². The van der Waals surface area contributed by atoms with E-state index in [0.29, 0.717) is 0 Å². The van der Waals surface area contributed by atoms with Crippen LogP contribution in [0.15, 0.2) is 12.5 Å². The Morgan fingerprint density at radius 1 is 1.60 bits per heavy atom. The Balaban J connectivity index is 0. The van der Waals surface area contributed by atoms with Gasteiger partial charge in [-0.2, -0.15) is 0 Å². The molecule has 10 heavy (non-hydrogen) atoms. The molecule has 1 atom stereocenters. The molecule has 0 amide bonds. The van der Waals surface area contributed by atoms with Crippen molar-refractivity contribution in [1.82, 2.24) is 0 Å². The van der Waals surface area contributed by atoms with Crippen LogP contribution in [0.4, 0.5) is 0 Å². The Bertz CT molecular complexity index is 95.6. The van der Waals surface area contributed by atoms with Crippen molar-refractivity contribution in [3.05, 3.63) is 12.5 Å². The molecule has 0 saturated carbocycles. The molecule has 3 N–H and O–H groups in total. The number of aliphatic hydroxyl groups is 3. The van der Waals surface area contributed by atoms with Crippen LogP contribution >= 0.6 is 0 Å². The summed E-state index contributed by atoms with van der Waals surface area (Å²) in [7, 11) is 0. The Hall–Kier alpha value is 0.156. The predicted octanol–water partition coefficient (Wildman–Crippen LogP) is -1.53. The fourth-order valence-corrected chi connectivity index (χ4v) is 0.245. The van der Waals surface area contributed by atoms with Crippen molar-refractivity contribution >= 4 is 26.6 Å². The second kappa shape index (κ2) is 7.27. The van der Waals surface area contributed by atoms with Crippen LogP contribution in [-0.2, 0) is 4.74 Å². The monoisotopic (exact) mass is 345 g/mol. The molecule has 0 bridgehead atoms. The molecule has 0 aromatic heterocycles. The van der Waals surface area contributed by atoms with Gasteiger partial charge in [-0.1, -0.05) is 0 Å². The molecule has 0 aliphatic heterocycles. The summed E-state index contributed by atoms with van der Waals surface area (Å²) in [5, 5.41) is 25.1. The second-order valence-electron chi connectivity index (χ2n) is 1.54. The van der Waals surface area contributed by atoms with E-state index >= 15 is 0 Å². The first kappa shape index (κ1) is 12.8. The average molecular weight is 345 g/mol. The van der Waals surface area contributed by atoms with Crippen LogP contribution in [0.1, 0.15) is 0 Å². The van der Waals surface area contributed by atoms with Gasteiger partial charge in [-0.25, -0.2) is 0 Å². The molecule has 4 nitrogen and oxygen atoms in total. The third-order valence-electron chi connectivity index (χ3n) is 0.653. The Morgan fingerprint density at radius 3 is 2.40 bits per heavy atom. The van der Waals surface area contributed by atoms with E-state index in [9.17, 15) is 0 Å². The SMILES string of the molecule is C=C(O)OCC(O)CO.[PoH2]. The summed E-state index contributed by atoms with van der Waals surface area (Å²) in [5.41, 5.74) is 0. The minimum absolute atomic E-state index is 0. The van der Waals surface area contributed by atoms with E-state index < -0.39 is 12.0 Å². The zero-order valence-corrected chi connectivity index (χ0v) is 9.34. The molecule has 0 radical (unpaired) electrons. The first-order valence-corrected chi connectivity index (χ1v) is 2.46. The molecule has 0 aromatic rings. The Labute approximate surface area is 78.6 Å². The summed E-state index contributed by atoms with van der Waals surface area (Å²) in [4.78, 5) is 0. The Morgan fingerprint density at radius 2 is 2.10 bits per heavy atom. The number of hydrogen-bond donors (Lipinski definition) is 3. The molecule has 0 rings (SSSR count). The molecule has 0 fully saturated rings. The van der Waals surface area contributed by atoms with Crippen molar-refractivity contribution in [1.29, 1.82) is 0 Å². The minimum atomic E-state index is -0.950. The van der Waals surface area contributed by atoms with Gasteiger partial charge in [0.1, 0.15) is 12.7 Å². The van der Waals surface area contributed by atoms with Crippen molar-refractivity contribution in [3.8, 4) is 0 Å². The third kappa shape index (κ3) is 8.16. The van der Waals surface area contributed by atoms with Gasteiger partial charge < -0.3 is 20.1 Å². The summed E-state index contributed by atoms with van der Waals surface area (Å²) in [6, 6.07) is 0. The summed E-state index contributed by atoms with van der Waals surface area (Å²) in [6.45, 7) is 2.49. The first-order valence-electron chi connectivity index (χ1n) is 2.46. The van der Waals surface area contributed by atoms with Crippen LogP contribution in [-0.4, -0.2) is 61.2 Å². The maximum atomic E-state index is 8.58. The van der Waals surface area contributed by atoms with Gasteiger partial charge in [0.2, 0.25) is 0 Å². The molecule has 1 unspecified atom stereocenters. The molecular weight excluding hydrogens is 333 g/mol. The van der Waals surface area contributed by atoms with E-state index in [1.54, 1.807) is 0 Å². The van der Waals surface area contributed by atoms with Crippen LogP contribution in [0.2, 0.25) is 0 Å². The van der Waals surface area contributed by atoms with Crippen molar-refractivity contribution in [3.63, 3.8) is 0 Å². The van der Waals surface area contributed by atoms with Gasteiger partial charge in [0.25, 0.3) is 5.95 Å². The van der Waals surface area contributed by atoms with E-state index in [2.05, 4.69) is 11.3 Å². The van der Waals surface area contributed by atoms with Crippen molar-refractivity contribution in [2.75, 3.05) is 13.2 Å². The quantitative estimate of drug-likeness (QED) is 0.541. The van der Waals surface area contributed by atoms with E-state index in [1.807, 2.05) is 0 Å². The molecule has 5 heteroatoms. The zero-order valence-electron chi connectivity index (χ0n) is 5.45. The maximum absolute atomic E-state index is 8.58. The summed E-state index contributed by atoms with van der Waals surface area (Å²) in [5.74, 6) is -0.456. The summed E-state index contributed by atoms with van der Waals surface area (Å²) < 4.78 is 4.35. The topological polar surface area (TPSA) is 69.9 Å². The van der Waals surface area contributed by atoms with Crippen LogP contribution in [0.25, 0.3) is 0 Å². The molecule has 0 spiro atoms. The predicted molar refractivity (Wildman–Crippen MR) is 39.4 cm³/mol. The molecule has 62 valence electrons. The zero-order chi connectivity index (χ0) is 7.28. The van der Waals surface area contributed by atoms with E-state index in [1.165, 1.54) is 0 Å². The molecule has 0 aliphatic carbocycles. The molecular formula is C5H12O4Po. The van der Waals surface area contributed by atoms with Gasteiger partial charge in [0.05, 0.1) is 6.61 Å². The van der Waals surface area contributed by atoms with Gasteiger partial charge in [0, 0.05) is 0 Å². The van der Waals surface area contributed by atoms with Crippen LogP contribution in [0.5, 0.6) is 0 Å². The van der Waals surface area contributed by atoms with E-state index in [0.717, 1.165) is 0 Å².